The third kappa shape index (κ3) is 20.3. The monoisotopic (exact) mass is 1260 g/mol. The molecule has 2 aromatic carbocycles. The van der Waals surface area contributed by atoms with Gasteiger partial charge in [-0.2, -0.15) is 0 Å². The van der Waals surface area contributed by atoms with Gasteiger partial charge in [0.05, 0.1) is 18.7 Å². The number of carbonyl (C=O) groups is 4. The zero-order chi connectivity index (χ0) is 56.9. The van der Waals surface area contributed by atoms with Crippen LogP contribution in [0.3, 0.4) is 0 Å². The minimum atomic E-state index is -0.311. The Bertz CT molecular complexity index is 2320. The first-order valence-electron chi connectivity index (χ1n) is 33.0. The molecule has 0 radical (unpaired) electrons. The molecule has 444 valence electrons. The van der Waals surface area contributed by atoms with E-state index in [-0.39, 0.29) is 35.5 Å². The van der Waals surface area contributed by atoms with Crippen LogP contribution in [0.15, 0.2) is 44.0 Å². The largest absolute Gasteiger partial charge is 0.274 e. The highest BCUT2D eigenvalue weighted by molar-refractivity contribution is 9.11. The number of halogens is 2. The molecule has 2 aromatic heterocycles. The molecule has 0 aliphatic carbocycles. The minimum Gasteiger partial charge on any atom is -0.274 e. The van der Waals surface area contributed by atoms with Crippen molar-refractivity contribution in [1.29, 1.82) is 0 Å². The Balaban J connectivity index is 1.31. The minimum absolute atomic E-state index is 0.189. The third-order valence-electron chi connectivity index (χ3n) is 17.7. The Hall–Kier alpha value is -2.66. The Labute approximate surface area is 510 Å². The lowest BCUT2D eigenvalue weighted by atomic mass is 9.80. The lowest BCUT2D eigenvalue weighted by Crippen LogP contribution is -2.46. The smallest absolute Gasteiger partial charge is 0.262 e. The number of benzene rings is 2. The number of carbonyl (C=O) groups excluding carboxylic acids is 4. The van der Waals surface area contributed by atoms with Crippen LogP contribution in [-0.4, -0.2) is 46.5 Å². The van der Waals surface area contributed by atoms with Crippen LogP contribution in [-0.2, 0) is 0 Å². The fraction of sp³-hybridized carbons (Fsp3) is 0.686. The molecule has 0 spiro atoms. The van der Waals surface area contributed by atoms with Gasteiger partial charge in [-0.3, -0.25) is 29.0 Å². The predicted molar refractivity (Wildman–Crippen MR) is 351 cm³/mol. The van der Waals surface area contributed by atoms with Crippen molar-refractivity contribution in [2.45, 2.75) is 285 Å². The van der Waals surface area contributed by atoms with Crippen molar-refractivity contribution in [3.05, 3.63) is 66.2 Å². The van der Waals surface area contributed by atoms with E-state index in [2.05, 4.69) is 59.6 Å². The SMILES string of the molecule is CCCCCCCCCCCCC(CCCCCCCCCC)CN1C(=O)c2cc(-c3ccc(Br)s3)c3c4c(cc(-c5ccc(Br)s5)c(c24)C1=O)C(=O)N(CC(CCCCCCCCCC)CCCCCCCCCCCC)C3=O. The van der Waals surface area contributed by atoms with Crippen molar-refractivity contribution in [1.82, 2.24) is 9.80 Å². The summed E-state index contributed by atoms with van der Waals surface area (Å²) < 4.78 is 1.84. The van der Waals surface area contributed by atoms with E-state index in [0.717, 1.165) is 68.7 Å². The van der Waals surface area contributed by atoms with E-state index in [1.54, 1.807) is 9.80 Å². The number of amides is 4. The lowest BCUT2D eigenvalue weighted by molar-refractivity contribution is 0.0557. The van der Waals surface area contributed by atoms with Gasteiger partial charge in [-0.15, -0.1) is 22.7 Å². The quantitative estimate of drug-likeness (QED) is 0.0326. The van der Waals surface area contributed by atoms with Crippen LogP contribution < -0.4 is 0 Å². The van der Waals surface area contributed by atoms with Gasteiger partial charge in [0.15, 0.2) is 0 Å². The van der Waals surface area contributed by atoms with Gasteiger partial charge in [0, 0.05) is 55.9 Å². The van der Waals surface area contributed by atoms with Gasteiger partial charge in [0.1, 0.15) is 0 Å². The molecule has 0 saturated heterocycles. The molecule has 2 aliphatic rings. The number of thiophene rings is 2. The number of hydrogen-bond acceptors (Lipinski definition) is 6. The van der Waals surface area contributed by atoms with Crippen molar-refractivity contribution in [3.8, 4) is 20.9 Å². The average Bonchev–Trinajstić information content (AvgIpc) is 4.13. The van der Waals surface area contributed by atoms with Crippen LogP contribution in [0.2, 0.25) is 0 Å². The summed E-state index contributed by atoms with van der Waals surface area (Å²) in [5, 5.41) is 0.943. The van der Waals surface area contributed by atoms with E-state index in [1.807, 2.05) is 36.4 Å². The van der Waals surface area contributed by atoms with Gasteiger partial charge in [-0.25, -0.2) is 0 Å². The maximum Gasteiger partial charge on any atom is 0.262 e. The fourth-order valence-corrected chi connectivity index (χ4v) is 15.8. The Morgan fingerprint density at radius 3 is 0.825 bits per heavy atom. The van der Waals surface area contributed by atoms with Gasteiger partial charge < -0.3 is 0 Å². The van der Waals surface area contributed by atoms with Crippen molar-refractivity contribution < 1.29 is 19.2 Å². The molecule has 2 atom stereocenters. The number of nitrogens with zero attached hydrogens (tertiary/aromatic N) is 2. The summed E-state index contributed by atoms with van der Waals surface area (Å²) in [6.45, 7) is 9.83. The summed E-state index contributed by atoms with van der Waals surface area (Å²) in [4.78, 5) is 67.1. The Morgan fingerprint density at radius 2 is 0.588 bits per heavy atom. The molecule has 0 bridgehead atoms. The number of imide groups is 2. The molecule has 4 aromatic rings. The van der Waals surface area contributed by atoms with Gasteiger partial charge in [0.25, 0.3) is 23.6 Å². The zero-order valence-corrected chi connectivity index (χ0v) is 55.2. The summed E-state index contributed by atoms with van der Waals surface area (Å²) in [5.74, 6) is -0.855. The molecule has 0 N–H and O–H groups in total. The van der Waals surface area contributed by atoms with Crippen molar-refractivity contribution >= 4 is 88.9 Å². The standard InChI is InChI=1S/C70H104Br2N2O4S2/c1-5-9-13-17-21-25-27-31-35-39-43-53(41-37-33-29-23-19-15-11-7-3)51-73-67(75)57-49-56(60-46-48-62(72)80-60)66-64-58(50-55(59-45-47-61(71)79-59)65(63(57)64)69(73)77)68(76)74(70(66)78)52-54(42-38-34-30-24-20-16-12-8-4)44-40-36-32-28-26-22-18-14-10-6-2/h45-50,53-54H,5-44,51-52H2,1-4H3. The molecule has 4 amide bonds. The first-order valence-corrected chi connectivity index (χ1v) is 36.3. The van der Waals surface area contributed by atoms with Crippen LogP contribution in [0, 0.1) is 11.8 Å². The first-order chi connectivity index (χ1) is 39.1. The summed E-state index contributed by atoms with van der Waals surface area (Å²) in [6, 6.07) is 11.9. The molecule has 10 heteroatoms. The normalized spacial score (nSPS) is 14.2. The molecular weight excluding hydrogens is 1160 g/mol. The molecule has 6 nitrogen and oxygen atoms in total. The van der Waals surface area contributed by atoms with E-state index in [4.69, 9.17) is 0 Å². The van der Waals surface area contributed by atoms with Gasteiger partial charge in [0.2, 0.25) is 0 Å². The molecular formula is C70H104Br2N2O4S2. The predicted octanol–water partition coefficient (Wildman–Crippen LogP) is 23.9. The number of unbranched alkanes of at least 4 members (excludes halogenated alkanes) is 32. The molecule has 2 aliphatic heterocycles. The molecule has 0 fully saturated rings. The van der Waals surface area contributed by atoms with Crippen molar-refractivity contribution in [2.75, 3.05) is 13.1 Å². The van der Waals surface area contributed by atoms with Crippen molar-refractivity contribution in [3.63, 3.8) is 0 Å². The first kappa shape index (κ1) is 66.5. The van der Waals surface area contributed by atoms with Gasteiger partial charge in [-0.05, 0) is 106 Å². The van der Waals surface area contributed by atoms with Crippen LogP contribution in [0.1, 0.15) is 326 Å². The van der Waals surface area contributed by atoms with Gasteiger partial charge >= 0.3 is 0 Å². The molecule has 2 unspecified atom stereocenters. The maximum absolute atomic E-state index is 15.6. The van der Waals surface area contributed by atoms with E-state index >= 15 is 19.2 Å². The second kappa shape index (κ2) is 37.6. The van der Waals surface area contributed by atoms with Crippen LogP contribution >= 0.6 is 54.5 Å². The molecule has 6 rings (SSSR count). The highest BCUT2D eigenvalue weighted by Crippen LogP contribution is 2.49. The molecule has 0 saturated carbocycles. The van der Waals surface area contributed by atoms with Crippen LogP contribution in [0.5, 0.6) is 0 Å². The second-order valence-corrected chi connectivity index (χ2v) is 29.2. The second-order valence-electron chi connectivity index (χ2n) is 24.3. The van der Waals surface area contributed by atoms with Gasteiger partial charge in [-0.1, -0.05) is 259 Å². The third-order valence-corrected chi connectivity index (χ3v) is 21.0. The van der Waals surface area contributed by atoms with Crippen LogP contribution in [0.4, 0.5) is 0 Å². The number of hydrogen-bond donors (Lipinski definition) is 0. The molecule has 4 heterocycles. The average molecular weight is 1260 g/mol. The number of rotatable bonds is 46. The highest BCUT2D eigenvalue weighted by atomic mass is 79.9. The zero-order valence-electron chi connectivity index (χ0n) is 50.4. The summed E-state index contributed by atoms with van der Waals surface area (Å²) in [6.07, 6.45) is 49.2. The summed E-state index contributed by atoms with van der Waals surface area (Å²) >= 11 is 10.5. The topological polar surface area (TPSA) is 74.8 Å². The van der Waals surface area contributed by atoms with Crippen LogP contribution in [0.25, 0.3) is 31.7 Å². The summed E-state index contributed by atoms with van der Waals surface area (Å²) in [7, 11) is 0. The Kier molecular flexibility index (Phi) is 31.3. The lowest BCUT2D eigenvalue weighted by Gasteiger charge is -2.36. The summed E-state index contributed by atoms with van der Waals surface area (Å²) in [5.41, 5.74) is 3.07. The van der Waals surface area contributed by atoms with E-state index in [9.17, 15) is 0 Å². The van der Waals surface area contributed by atoms with E-state index in [1.165, 1.54) is 228 Å². The highest BCUT2D eigenvalue weighted by Gasteiger charge is 2.44. The van der Waals surface area contributed by atoms with Crippen molar-refractivity contribution in [2.24, 2.45) is 11.8 Å². The Morgan fingerprint density at radius 1 is 0.338 bits per heavy atom. The van der Waals surface area contributed by atoms with E-state index < -0.39 is 0 Å². The maximum atomic E-state index is 15.6. The van der Waals surface area contributed by atoms with E-state index in [0.29, 0.717) is 57.2 Å². The fourth-order valence-electron chi connectivity index (χ4n) is 12.9. The molecule has 80 heavy (non-hydrogen) atoms.